The molecule has 0 aliphatic carbocycles. The predicted molar refractivity (Wildman–Crippen MR) is 95.2 cm³/mol. The van der Waals surface area contributed by atoms with Crippen LogP contribution in [0.4, 0.5) is 0 Å². The van der Waals surface area contributed by atoms with E-state index in [1.165, 1.54) is 0 Å². The minimum absolute atomic E-state index is 0.0601. The molecule has 2 aliphatic heterocycles. The first-order chi connectivity index (χ1) is 12.7. The van der Waals surface area contributed by atoms with E-state index in [2.05, 4.69) is 5.32 Å². The molecule has 142 valence electrons. The van der Waals surface area contributed by atoms with Crippen molar-refractivity contribution < 1.29 is 23.8 Å². The lowest BCUT2D eigenvalue weighted by Crippen LogP contribution is -2.49. The number of rotatable bonds is 6. The number of hydrogen-bond donors (Lipinski definition) is 1. The van der Waals surface area contributed by atoms with E-state index in [9.17, 15) is 9.59 Å². The molecule has 2 saturated heterocycles. The van der Waals surface area contributed by atoms with Gasteiger partial charge in [0.2, 0.25) is 0 Å². The Labute approximate surface area is 153 Å². The highest BCUT2D eigenvalue weighted by Gasteiger charge is 2.31. The van der Waals surface area contributed by atoms with Crippen LogP contribution in [0.25, 0.3) is 0 Å². The molecule has 0 radical (unpaired) electrons. The van der Waals surface area contributed by atoms with E-state index >= 15 is 0 Å². The molecule has 7 nitrogen and oxygen atoms in total. The minimum atomic E-state index is -0.268. The maximum absolute atomic E-state index is 12.3. The molecule has 26 heavy (non-hydrogen) atoms. The maximum Gasteiger partial charge on any atom is 0.258 e. The van der Waals surface area contributed by atoms with Crippen LogP contribution in [0, 0.1) is 0 Å². The summed E-state index contributed by atoms with van der Waals surface area (Å²) in [7, 11) is 1.56. The molecule has 1 N–H and O–H groups in total. The summed E-state index contributed by atoms with van der Waals surface area (Å²) >= 11 is 0. The molecule has 2 heterocycles. The number of ether oxygens (including phenoxy) is 3. The smallest absolute Gasteiger partial charge is 0.258 e. The fourth-order valence-corrected chi connectivity index (χ4v) is 3.37. The first-order valence-corrected chi connectivity index (χ1v) is 9.13. The summed E-state index contributed by atoms with van der Waals surface area (Å²) in [6.45, 7) is 1.92. The number of carbonyl (C=O) groups is 2. The number of nitrogens with zero attached hydrogens (tertiary/aromatic N) is 1. The second-order valence-corrected chi connectivity index (χ2v) is 6.61. The van der Waals surface area contributed by atoms with Crippen LogP contribution in [-0.4, -0.2) is 62.3 Å². The average molecular weight is 362 g/mol. The first-order valence-electron chi connectivity index (χ1n) is 9.13. The summed E-state index contributed by atoms with van der Waals surface area (Å²) in [5, 5.41) is 2.98. The van der Waals surface area contributed by atoms with Crippen LogP contribution in [0.15, 0.2) is 24.3 Å². The lowest BCUT2D eigenvalue weighted by atomic mass is 10.0. The zero-order valence-electron chi connectivity index (χ0n) is 15.1. The molecule has 1 aromatic carbocycles. The second kappa shape index (κ2) is 8.89. The Morgan fingerprint density at radius 1 is 1.19 bits per heavy atom. The van der Waals surface area contributed by atoms with Crippen molar-refractivity contribution in [3.8, 4) is 11.5 Å². The third-order valence-electron chi connectivity index (χ3n) is 4.80. The van der Waals surface area contributed by atoms with Crippen molar-refractivity contribution in [2.75, 3.05) is 33.4 Å². The molecule has 2 fully saturated rings. The standard InChI is InChI=1S/C19H26N2O5/c1-24-15-5-2-3-6-16(15)26-13-18(22)20-14-8-10-21(11-9-14)19(23)17-7-4-12-25-17/h2-3,5-6,14,17H,4,7-13H2,1H3,(H,20,22). The molecule has 2 aliphatic rings. The van der Waals surface area contributed by atoms with E-state index in [0.29, 0.717) is 31.2 Å². The van der Waals surface area contributed by atoms with Gasteiger partial charge in [0.25, 0.3) is 11.8 Å². The van der Waals surface area contributed by atoms with Crippen LogP contribution in [-0.2, 0) is 14.3 Å². The van der Waals surface area contributed by atoms with Gasteiger partial charge in [-0.3, -0.25) is 9.59 Å². The topological polar surface area (TPSA) is 77.1 Å². The van der Waals surface area contributed by atoms with Crippen molar-refractivity contribution in [1.29, 1.82) is 0 Å². The first kappa shape index (κ1) is 18.5. The van der Waals surface area contributed by atoms with Gasteiger partial charge in [0.15, 0.2) is 18.1 Å². The number of likely N-dealkylation sites (tertiary alicyclic amines) is 1. The Bertz CT molecular complexity index is 622. The molecule has 0 saturated carbocycles. The Balaban J connectivity index is 1.40. The monoisotopic (exact) mass is 362 g/mol. The summed E-state index contributed by atoms with van der Waals surface area (Å²) in [6, 6.07) is 7.29. The van der Waals surface area contributed by atoms with Crippen molar-refractivity contribution in [1.82, 2.24) is 10.2 Å². The Hall–Kier alpha value is -2.28. The van der Waals surface area contributed by atoms with Crippen LogP contribution in [0.2, 0.25) is 0 Å². The number of piperidine rings is 1. The minimum Gasteiger partial charge on any atom is -0.493 e. The Morgan fingerprint density at radius 2 is 1.92 bits per heavy atom. The third kappa shape index (κ3) is 4.66. The number of benzene rings is 1. The van der Waals surface area contributed by atoms with Gasteiger partial charge in [-0.2, -0.15) is 0 Å². The lowest BCUT2D eigenvalue weighted by molar-refractivity contribution is -0.142. The van der Waals surface area contributed by atoms with Crippen molar-refractivity contribution in [3.05, 3.63) is 24.3 Å². The molecule has 1 unspecified atom stereocenters. The summed E-state index contributed by atoms with van der Waals surface area (Å²) in [5.41, 5.74) is 0. The number of amides is 2. The van der Waals surface area contributed by atoms with E-state index in [4.69, 9.17) is 14.2 Å². The zero-order chi connectivity index (χ0) is 18.4. The zero-order valence-corrected chi connectivity index (χ0v) is 15.1. The van der Waals surface area contributed by atoms with Gasteiger partial charge in [-0.15, -0.1) is 0 Å². The van der Waals surface area contributed by atoms with Gasteiger partial charge in [0, 0.05) is 25.7 Å². The highest BCUT2D eigenvalue weighted by atomic mass is 16.5. The van der Waals surface area contributed by atoms with Crippen LogP contribution in [0.1, 0.15) is 25.7 Å². The van der Waals surface area contributed by atoms with Gasteiger partial charge in [-0.1, -0.05) is 12.1 Å². The van der Waals surface area contributed by atoms with E-state index in [1.54, 1.807) is 19.2 Å². The van der Waals surface area contributed by atoms with E-state index < -0.39 is 0 Å². The molecular formula is C19H26N2O5. The summed E-state index contributed by atoms with van der Waals surface area (Å²) in [5.74, 6) is 1.06. The number of carbonyl (C=O) groups excluding carboxylic acids is 2. The van der Waals surface area contributed by atoms with Crippen LogP contribution < -0.4 is 14.8 Å². The van der Waals surface area contributed by atoms with Gasteiger partial charge in [0.05, 0.1) is 7.11 Å². The van der Waals surface area contributed by atoms with Crippen molar-refractivity contribution in [2.24, 2.45) is 0 Å². The molecule has 0 aromatic heterocycles. The van der Waals surface area contributed by atoms with Gasteiger partial charge < -0.3 is 24.4 Å². The maximum atomic E-state index is 12.3. The fourth-order valence-electron chi connectivity index (χ4n) is 3.37. The highest BCUT2D eigenvalue weighted by molar-refractivity contribution is 5.81. The lowest BCUT2D eigenvalue weighted by Gasteiger charge is -2.33. The van der Waals surface area contributed by atoms with Crippen LogP contribution in [0.5, 0.6) is 11.5 Å². The van der Waals surface area contributed by atoms with Gasteiger partial charge in [0.1, 0.15) is 6.10 Å². The normalized spacial score (nSPS) is 20.7. The SMILES string of the molecule is COc1ccccc1OCC(=O)NC1CCN(C(=O)C2CCCO2)CC1. The van der Waals surface area contributed by atoms with Gasteiger partial charge in [-0.05, 0) is 37.8 Å². The highest BCUT2D eigenvalue weighted by Crippen LogP contribution is 2.25. The average Bonchev–Trinajstić information content (AvgIpc) is 3.21. The number of methoxy groups -OCH3 is 1. The quantitative estimate of drug-likeness (QED) is 0.827. The molecule has 3 rings (SSSR count). The molecule has 2 amide bonds. The Kier molecular flexibility index (Phi) is 6.33. The molecule has 7 heteroatoms. The fraction of sp³-hybridized carbons (Fsp3) is 0.579. The largest absolute Gasteiger partial charge is 0.493 e. The van der Waals surface area contributed by atoms with E-state index in [1.807, 2.05) is 17.0 Å². The third-order valence-corrected chi connectivity index (χ3v) is 4.80. The molecule has 0 bridgehead atoms. The van der Waals surface area contributed by atoms with E-state index in [0.717, 1.165) is 25.7 Å². The Morgan fingerprint density at radius 3 is 2.58 bits per heavy atom. The molecule has 1 atom stereocenters. The van der Waals surface area contributed by atoms with Crippen molar-refractivity contribution in [3.63, 3.8) is 0 Å². The molecule has 0 spiro atoms. The van der Waals surface area contributed by atoms with Crippen LogP contribution >= 0.6 is 0 Å². The van der Waals surface area contributed by atoms with Gasteiger partial charge >= 0.3 is 0 Å². The van der Waals surface area contributed by atoms with Gasteiger partial charge in [-0.25, -0.2) is 0 Å². The number of hydrogen-bond acceptors (Lipinski definition) is 5. The van der Waals surface area contributed by atoms with E-state index in [-0.39, 0.29) is 30.6 Å². The summed E-state index contributed by atoms with van der Waals surface area (Å²) in [4.78, 5) is 26.3. The number of nitrogens with one attached hydrogen (secondary N) is 1. The van der Waals surface area contributed by atoms with Crippen molar-refractivity contribution >= 4 is 11.8 Å². The number of para-hydroxylation sites is 2. The molecule has 1 aromatic rings. The summed E-state index contributed by atoms with van der Waals surface area (Å²) < 4.78 is 16.2. The van der Waals surface area contributed by atoms with Crippen LogP contribution in [0.3, 0.4) is 0 Å². The second-order valence-electron chi connectivity index (χ2n) is 6.61. The summed E-state index contributed by atoms with van der Waals surface area (Å²) in [6.07, 6.45) is 3.00. The predicted octanol–water partition coefficient (Wildman–Crippen LogP) is 1.36. The molecular weight excluding hydrogens is 336 g/mol. The van der Waals surface area contributed by atoms with Crippen molar-refractivity contribution in [2.45, 2.75) is 37.8 Å².